The zero-order chi connectivity index (χ0) is 27.4. The van der Waals surface area contributed by atoms with Gasteiger partial charge in [0, 0.05) is 0 Å². The second kappa shape index (κ2) is 11.9. The maximum absolute atomic E-state index is 2.43. The summed E-state index contributed by atoms with van der Waals surface area (Å²) in [5.41, 5.74) is 17.4. The lowest BCUT2D eigenvalue weighted by molar-refractivity contribution is 1.04. The molecular formula is C39H40. The van der Waals surface area contributed by atoms with Gasteiger partial charge in [0.05, 0.1) is 0 Å². The van der Waals surface area contributed by atoms with E-state index in [1.54, 1.807) is 0 Å². The van der Waals surface area contributed by atoms with Crippen molar-refractivity contribution in [1.82, 2.24) is 0 Å². The van der Waals surface area contributed by atoms with Gasteiger partial charge in [0.15, 0.2) is 0 Å². The van der Waals surface area contributed by atoms with Gasteiger partial charge < -0.3 is 0 Å². The van der Waals surface area contributed by atoms with Crippen LogP contribution in [0.15, 0.2) is 120 Å². The molecule has 0 saturated carbocycles. The molecule has 3 aromatic carbocycles. The summed E-state index contributed by atoms with van der Waals surface area (Å²) in [4.78, 5) is 0. The van der Waals surface area contributed by atoms with Crippen LogP contribution < -0.4 is 0 Å². The van der Waals surface area contributed by atoms with E-state index in [4.69, 9.17) is 0 Å². The van der Waals surface area contributed by atoms with Gasteiger partial charge in [-0.05, 0) is 132 Å². The zero-order valence-electron chi connectivity index (χ0n) is 24.1. The summed E-state index contributed by atoms with van der Waals surface area (Å²) >= 11 is 0. The molecule has 0 amide bonds. The standard InChI is InChI=1S/C39H40/c1-6-7-18-34-27(2)14-13-15-30(5)39(34)38-26-33(24-22-29(38)4)32-23-21-28(3)37(25-32)36-20-12-11-19-35(36)31-16-9-8-10-17-31/h7-10,13-14,16-26H,6,11-12,15H2,1-5H3/b18-7-. The molecule has 0 heteroatoms. The normalized spacial score (nSPS) is 16.0. The molecule has 0 spiro atoms. The Morgan fingerprint density at radius 2 is 1.33 bits per heavy atom. The lowest BCUT2D eigenvalue weighted by atomic mass is 9.83. The van der Waals surface area contributed by atoms with Crippen LogP contribution in [0.4, 0.5) is 0 Å². The van der Waals surface area contributed by atoms with E-state index < -0.39 is 0 Å². The highest BCUT2D eigenvalue weighted by atomic mass is 14.2. The van der Waals surface area contributed by atoms with Crippen molar-refractivity contribution in [3.63, 3.8) is 0 Å². The quantitative estimate of drug-likeness (QED) is 0.310. The molecule has 2 aliphatic carbocycles. The van der Waals surface area contributed by atoms with Gasteiger partial charge in [-0.1, -0.05) is 104 Å². The molecule has 0 unspecified atom stereocenters. The summed E-state index contributed by atoms with van der Waals surface area (Å²) in [6.07, 6.45) is 18.2. The van der Waals surface area contributed by atoms with E-state index in [1.807, 2.05) is 0 Å². The minimum atomic E-state index is 0.983. The second-order valence-corrected chi connectivity index (χ2v) is 10.9. The highest BCUT2D eigenvalue weighted by Crippen LogP contribution is 2.40. The Hall–Kier alpha value is -3.90. The third kappa shape index (κ3) is 5.62. The number of hydrogen-bond donors (Lipinski definition) is 0. The van der Waals surface area contributed by atoms with Crippen LogP contribution in [0.5, 0.6) is 0 Å². The van der Waals surface area contributed by atoms with E-state index in [-0.39, 0.29) is 0 Å². The van der Waals surface area contributed by atoms with Crippen molar-refractivity contribution >= 4 is 16.7 Å². The summed E-state index contributed by atoms with van der Waals surface area (Å²) in [5, 5.41) is 0. The Morgan fingerprint density at radius 1 is 0.692 bits per heavy atom. The fraction of sp³-hybridized carbons (Fsp3) is 0.231. The second-order valence-electron chi connectivity index (χ2n) is 10.9. The van der Waals surface area contributed by atoms with Gasteiger partial charge in [-0.3, -0.25) is 0 Å². The molecule has 5 rings (SSSR count). The third-order valence-corrected chi connectivity index (χ3v) is 8.04. The average molecular weight is 509 g/mol. The van der Waals surface area contributed by atoms with Crippen molar-refractivity contribution in [3.05, 3.63) is 148 Å². The first kappa shape index (κ1) is 26.7. The summed E-state index contributed by atoms with van der Waals surface area (Å²) < 4.78 is 0. The summed E-state index contributed by atoms with van der Waals surface area (Å²) in [7, 11) is 0. The Labute approximate surface area is 235 Å². The molecule has 0 atom stereocenters. The van der Waals surface area contributed by atoms with Crippen molar-refractivity contribution in [1.29, 1.82) is 0 Å². The molecule has 3 aromatic rings. The predicted octanol–water partition coefficient (Wildman–Crippen LogP) is 11.2. The maximum atomic E-state index is 2.43. The molecule has 0 radical (unpaired) electrons. The molecule has 2 aliphatic rings. The number of allylic oxidation sites excluding steroid dienone is 12. The van der Waals surface area contributed by atoms with E-state index in [1.165, 1.54) is 72.4 Å². The fourth-order valence-corrected chi connectivity index (χ4v) is 5.84. The maximum Gasteiger partial charge on any atom is -0.0114 e. The monoisotopic (exact) mass is 508 g/mol. The van der Waals surface area contributed by atoms with Crippen molar-refractivity contribution in [2.24, 2.45) is 0 Å². The molecule has 0 aromatic heterocycles. The molecule has 0 N–H and O–H groups in total. The molecule has 0 bridgehead atoms. The molecule has 0 heterocycles. The summed E-state index contributed by atoms with van der Waals surface area (Å²) in [6.45, 7) is 11.2. The smallest absolute Gasteiger partial charge is 0.0114 e. The van der Waals surface area contributed by atoms with Gasteiger partial charge in [0.25, 0.3) is 0 Å². The van der Waals surface area contributed by atoms with Crippen LogP contribution in [-0.2, 0) is 0 Å². The highest BCUT2D eigenvalue weighted by molar-refractivity contribution is 6.06. The van der Waals surface area contributed by atoms with Gasteiger partial charge >= 0.3 is 0 Å². The first-order valence-corrected chi connectivity index (χ1v) is 14.4. The zero-order valence-corrected chi connectivity index (χ0v) is 24.1. The molecule has 0 nitrogen and oxygen atoms in total. The van der Waals surface area contributed by atoms with E-state index in [2.05, 4.69) is 138 Å². The lowest BCUT2D eigenvalue weighted by Crippen LogP contribution is -1.99. The van der Waals surface area contributed by atoms with Crippen molar-refractivity contribution in [3.8, 4) is 11.1 Å². The Morgan fingerprint density at radius 3 is 2.03 bits per heavy atom. The Kier molecular flexibility index (Phi) is 8.13. The van der Waals surface area contributed by atoms with Crippen LogP contribution in [0.2, 0.25) is 0 Å². The van der Waals surface area contributed by atoms with E-state index in [0.717, 1.165) is 25.7 Å². The number of rotatable bonds is 6. The predicted molar refractivity (Wildman–Crippen MR) is 171 cm³/mol. The molecule has 39 heavy (non-hydrogen) atoms. The van der Waals surface area contributed by atoms with Gasteiger partial charge in [-0.15, -0.1) is 0 Å². The van der Waals surface area contributed by atoms with E-state index in [0.29, 0.717) is 0 Å². The Balaban J connectivity index is 1.61. The largest absolute Gasteiger partial charge is 0.0842 e. The van der Waals surface area contributed by atoms with Gasteiger partial charge in [-0.2, -0.15) is 0 Å². The topological polar surface area (TPSA) is 0 Å². The number of benzene rings is 3. The van der Waals surface area contributed by atoms with Crippen molar-refractivity contribution in [2.45, 2.75) is 60.3 Å². The van der Waals surface area contributed by atoms with Gasteiger partial charge in [0.2, 0.25) is 0 Å². The molecule has 0 aliphatic heterocycles. The summed E-state index contributed by atoms with van der Waals surface area (Å²) in [6, 6.07) is 24.8. The van der Waals surface area contributed by atoms with Crippen LogP contribution in [0, 0.1) is 13.8 Å². The minimum Gasteiger partial charge on any atom is -0.0842 e. The number of hydrogen-bond acceptors (Lipinski definition) is 0. The highest BCUT2D eigenvalue weighted by Gasteiger charge is 2.18. The SMILES string of the molecule is CC/C=C\C1=C(C)C=CCC(C)=C1c1cc(-c2ccc(C)c(C3=CCCC=C3c3ccccc3)c2)ccc1C. The van der Waals surface area contributed by atoms with Crippen LogP contribution >= 0.6 is 0 Å². The van der Waals surface area contributed by atoms with Crippen LogP contribution in [0.3, 0.4) is 0 Å². The van der Waals surface area contributed by atoms with Crippen molar-refractivity contribution < 1.29 is 0 Å². The molecule has 0 saturated heterocycles. The first-order chi connectivity index (χ1) is 19.0. The molecular weight excluding hydrogens is 468 g/mol. The van der Waals surface area contributed by atoms with E-state index >= 15 is 0 Å². The van der Waals surface area contributed by atoms with Crippen LogP contribution in [0.25, 0.3) is 27.8 Å². The van der Waals surface area contributed by atoms with Gasteiger partial charge in [0.1, 0.15) is 0 Å². The molecule has 196 valence electrons. The Bertz CT molecular complexity index is 1560. The third-order valence-electron chi connectivity index (χ3n) is 8.04. The fourth-order valence-electron chi connectivity index (χ4n) is 5.84. The van der Waals surface area contributed by atoms with E-state index in [9.17, 15) is 0 Å². The lowest BCUT2D eigenvalue weighted by Gasteiger charge is -2.21. The number of aryl methyl sites for hydroxylation is 2. The minimum absolute atomic E-state index is 0.983. The molecule has 0 fully saturated rings. The van der Waals surface area contributed by atoms with Crippen molar-refractivity contribution in [2.75, 3.05) is 0 Å². The average Bonchev–Trinajstić information content (AvgIpc) is 3.10. The van der Waals surface area contributed by atoms with Crippen LogP contribution in [0.1, 0.15) is 74.3 Å². The summed E-state index contributed by atoms with van der Waals surface area (Å²) in [5.74, 6) is 0. The first-order valence-electron chi connectivity index (χ1n) is 14.4. The van der Waals surface area contributed by atoms with Gasteiger partial charge in [-0.25, -0.2) is 0 Å². The van der Waals surface area contributed by atoms with Crippen LogP contribution in [-0.4, -0.2) is 0 Å².